The quantitative estimate of drug-likeness (QED) is 0.501. The number of rotatable bonds is 1. The van der Waals surface area contributed by atoms with Crippen LogP contribution in [0.5, 0.6) is 0 Å². The molecule has 21 heavy (non-hydrogen) atoms. The van der Waals surface area contributed by atoms with E-state index < -0.39 is 0 Å². The van der Waals surface area contributed by atoms with Crippen molar-refractivity contribution < 1.29 is 0 Å². The van der Waals surface area contributed by atoms with Crippen LogP contribution in [0, 0.1) is 0 Å². The largest absolute Gasteiger partial charge is 0.278 e. The number of benzene rings is 2. The van der Waals surface area contributed by atoms with Gasteiger partial charge in [-0.15, -0.1) is 0 Å². The third-order valence-corrected chi connectivity index (χ3v) is 4.00. The fourth-order valence-electron chi connectivity index (χ4n) is 2.63. The van der Waals surface area contributed by atoms with E-state index >= 15 is 0 Å². The Morgan fingerprint density at radius 3 is 2.33 bits per heavy atom. The molecule has 0 unspecified atom stereocenters. The van der Waals surface area contributed by atoms with Crippen LogP contribution in [0.3, 0.4) is 0 Å². The minimum Gasteiger partial charge on any atom is -0.278 e. The smallest absolute Gasteiger partial charge is 0.234 e. The number of nitrogens with zero attached hydrogens (tertiary/aromatic N) is 3. The molecule has 3 nitrogen and oxygen atoms in total. The summed E-state index contributed by atoms with van der Waals surface area (Å²) in [5.41, 5.74) is 2.78. The van der Waals surface area contributed by atoms with Crippen LogP contribution in [-0.4, -0.2) is 22.4 Å². The van der Waals surface area contributed by atoms with Crippen LogP contribution in [0.15, 0.2) is 59.3 Å². The van der Waals surface area contributed by atoms with E-state index in [4.69, 9.17) is 7.85 Å². The van der Waals surface area contributed by atoms with Crippen LogP contribution >= 0.6 is 15.9 Å². The van der Waals surface area contributed by atoms with Crippen LogP contribution in [0.1, 0.15) is 0 Å². The van der Waals surface area contributed by atoms with Gasteiger partial charge in [-0.1, -0.05) is 39.6 Å². The maximum absolute atomic E-state index is 5.96. The van der Waals surface area contributed by atoms with E-state index in [1.165, 1.54) is 0 Å². The average Bonchev–Trinajstić information content (AvgIpc) is 2.80. The Morgan fingerprint density at radius 1 is 0.905 bits per heavy atom. The lowest BCUT2D eigenvalue weighted by Gasteiger charge is -2.05. The highest BCUT2D eigenvalue weighted by molar-refractivity contribution is 9.10. The van der Waals surface area contributed by atoms with E-state index in [9.17, 15) is 0 Å². The fraction of sp³-hybridized carbons (Fsp3) is 0. The van der Waals surface area contributed by atoms with Gasteiger partial charge in [-0.25, -0.2) is 9.97 Å². The van der Waals surface area contributed by atoms with Gasteiger partial charge in [-0.3, -0.25) is 4.57 Å². The Kier molecular flexibility index (Phi) is 2.82. The summed E-state index contributed by atoms with van der Waals surface area (Å²) in [5.74, 6) is 0.640. The minimum atomic E-state index is 0.640. The lowest BCUT2D eigenvalue weighted by atomic mass is 9.95. The van der Waals surface area contributed by atoms with Gasteiger partial charge in [0, 0.05) is 27.6 Å². The summed E-state index contributed by atoms with van der Waals surface area (Å²) in [6, 6.07) is 13.9. The van der Waals surface area contributed by atoms with E-state index in [0.717, 1.165) is 31.7 Å². The Balaban J connectivity index is 2.24. The molecule has 4 aromatic rings. The summed E-state index contributed by atoms with van der Waals surface area (Å²) in [6.45, 7) is 0. The first-order chi connectivity index (χ1) is 10.2. The molecule has 2 heterocycles. The van der Waals surface area contributed by atoms with E-state index in [2.05, 4.69) is 38.0 Å². The van der Waals surface area contributed by atoms with Crippen LogP contribution in [-0.2, 0) is 0 Å². The molecule has 2 radical (unpaired) electrons. The number of aromatic nitrogens is 3. The summed E-state index contributed by atoms with van der Waals surface area (Å²) in [4.78, 5) is 8.75. The zero-order valence-electron chi connectivity index (χ0n) is 11.0. The third kappa shape index (κ3) is 1.96. The maximum Gasteiger partial charge on any atom is 0.234 e. The van der Waals surface area contributed by atoms with Crippen molar-refractivity contribution in [2.75, 3.05) is 0 Å². The Morgan fingerprint density at radius 2 is 1.57 bits per heavy atom. The molecular formula is C16H9BBrN3. The molecule has 0 aliphatic rings. The van der Waals surface area contributed by atoms with Gasteiger partial charge in [0.25, 0.3) is 0 Å². The van der Waals surface area contributed by atoms with Gasteiger partial charge in [-0.05, 0) is 24.3 Å². The molecule has 98 valence electrons. The van der Waals surface area contributed by atoms with Crippen molar-refractivity contribution >= 4 is 51.0 Å². The first kappa shape index (κ1) is 12.6. The van der Waals surface area contributed by atoms with Crippen molar-refractivity contribution in [1.29, 1.82) is 0 Å². The van der Waals surface area contributed by atoms with E-state index in [-0.39, 0.29) is 0 Å². The Labute approximate surface area is 131 Å². The summed E-state index contributed by atoms with van der Waals surface area (Å²) in [6.07, 6.45) is 3.48. The zero-order chi connectivity index (χ0) is 14.4. The van der Waals surface area contributed by atoms with Crippen LogP contribution < -0.4 is 5.46 Å². The average molecular weight is 334 g/mol. The van der Waals surface area contributed by atoms with E-state index in [1.54, 1.807) is 12.4 Å². The lowest BCUT2D eigenvalue weighted by Crippen LogP contribution is -2.04. The molecular weight excluding hydrogens is 325 g/mol. The molecule has 2 aromatic heterocycles. The molecule has 0 aliphatic heterocycles. The van der Waals surface area contributed by atoms with Crippen molar-refractivity contribution in [2.45, 2.75) is 0 Å². The lowest BCUT2D eigenvalue weighted by molar-refractivity contribution is 0.988. The third-order valence-electron chi connectivity index (χ3n) is 3.51. The van der Waals surface area contributed by atoms with Gasteiger partial charge >= 0.3 is 0 Å². The number of hydrogen-bond acceptors (Lipinski definition) is 2. The van der Waals surface area contributed by atoms with Crippen molar-refractivity contribution in [1.82, 2.24) is 14.5 Å². The summed E-state index contributed by atoms with van der Waals surface area (Å²) in [7, 11) is 5.96. The predicted octanol–water partition coefficient (Wildman–Crippen LogP) is 3.13. The van der Waals surface area contributed by atoms with Crippen LogP contribution in [0.4, 0.5) is 0 Å². The highest BCUT2D eigenvalue weighted by atomic mass is 79.9. The number of halogens is 1. The molecule has 0 aliphatic carbocycles. The molecule has 0 spiro atoms. The zero-order valence-corrected chi connectivity index (χ0v) is 12.6. The van der Waals surface area contributed by atoms with Crippen molar-refractivity contribution in [3.63, 3.8) is 0 Å². The van der Waals surface area contributed by atoms with Gasteiger partial charge in [0.15, 0.2) is 0 Å². The topological polar surface area (TPSA) is 30.7 Å². The van der Waals surface area contributed by atoms with Gasteiger partial charge < -0.3 is 0 Å². The fourth-order valence-corrected chi connectivity index (χ4v) is 2.98. The normalized spacial score (nSPS) is 11.3. The first-order valence-electron chi connectivity index (χ1n) is 6.50. The minimum absolute atomic E-state index is 0.640. The molecule has 0 saturated heterocycles. The monoisotopic (exact) mass is 333 g/mol. The highest BCUT2D eigenvalue weighted by Gasteiger charge is 2.13. The van der Waals surface area contributed by atoms with Crippen LogP contribution in [0.2, 0.25) is 0 Å². The molecule has 0 atom stereocenters. The van der Waals surface area contributed by atoms with Crippen molar-refractivity contribution in [3.8, 4) is 5.95 Å². The second kappa shape index (κ2) is 4.70. The van der Waals surface area contributed by atoms with E-state index in [0.29, 0.717) is 5.95 Å². The second-order valence-electron chi connectivity index (χ2n) is 4.82. The summed E-state index contributed by atoms with van der Waals surface area (Å²) >= 11 is 3.53. The summed E-state index contributed by atoms with van der Waals surface area (Å²) < 4.78 is 3.05. The summed E-state index contributed by atoms with van der Waals surface area (Å²) in [5, 5.41) is 2.29. The highest BCUT2D eigenvalue weighted by Crippen LogP contribution is 2.31. The van der Waals surface area contributed by atoms with Gasteiger partial charge in [0.1, 0.15) is 7.85 Å². The standard InChI is InChI=1S/C16H9BBrN3/c17-10-2-4-12-13-5-3-11(18)9-15(13)21(14(12)8-10)16-19-6-1-7-20-16/h1-9H. The molecule has 2 aromatic carbocycles. The number of hydrogen-bond donors (Lipinski definition) is 0. The van der Waals surface area contributed by atoms with Crippen molar-refractivity contribution in [3.05, 3.63) is 59.3 Å². The Bertz CT molecular complexity index is 904. The SMILES string of the molecule is [B]c1ccc2c3ccc(Br)cc3n(-c3ncccn3)c2c1. The Hall–Kier alpha value is -2.14. The predicted molar refractivity (Wildman–Crippen MR) is 89.5 cm³/mol. The maximum atomic E-state index is 5.96. The molecule has 5 heteroatoms. The number of fused-ring (bicyclic) bond motifs is 3. The van der Waals surface area contributed by atoms with E-state index in [1.807, 2.05) is 34.9 Å². The van der Waals surface area contributed by atoms with Gasteiger partial charge in [-0.2, -0.15) is 0 Å². The molecule has 0 saturated carbocycles. The molecule has 0 bridgehead atoms. The molecule has 0 N–H and O–H groups in total. The first-order valence-corrected chi connectivity index (χ1v) is 7.30. The van der Waals surface area contributed by atoms with Gasteiger partial charge in [0.2, 0.25) is 5.95 Å². The van der Waals surface area contributed by atoms with Crippen LogP contribution in [0.25, 0.3) is 27.8 Å². The molecule has 0 fully saturated rings. The van der Waals surface area contributed by atoms with Gasteiger partial charge in [0.05, 0.1) is 11.0 Å². The molecule has 4 rings (SSSR count). The molecule has 0 amide bonds. The second-order valence-corrected chi connectivity index (χ2v) is 5.74. The van der Waals surface area contributed by atoms with Crippen molar-refractivity contribution in [2.24, 2.45) is 0 Å².